The van der Waals surface area contributed by atoms with Gasteiger partial charge in [-0.3, -0.25) is 0 Å². The van der Waals surface area contributed by atoms with Crippen molar-refractivity contribution in [1.29, 1.82) is 0 Å². The van der Waals surface area contributed by atoms with Crippen LogP contribution in [0.15, 0.2) is 0 Å². The lowest BCUT2D eigenvalue weighted by molar-refractivity contribution is 0.240. The van der Waals surface area contributed by atoms with E-state index in [1.54, 1.807) is 0 Å². The first-order valence-electron chi connectivity index (χ1n) is 11.1. The molecule has 0 radical (unpaired) electrons. The van der Waals surface area contributed by atoms with Crippen LogP contribution >= 0.6 is 0 Å². The molecule has 2 nitrogen and oxygen atoms in total. The van der Waals surface area contributed by atoms with Gasteiger partial charge in [-0.15, -0.1) is 0 Å². The first-order valence-corrected chi connectivity index (χ1v) is 11.1. The molecule has 0 spiro atoms. The van der Waals surface area contributed by atoms with Crippen LogP contribution in [0.4, 0.5) is 0 Å². The van der Waals surface area contributed by atoms with Crippen LogP contribution in [-0.4, -0.2) is 49.6 Å². The molecular formula is C22H50N2. The summed E-state index contributed by atoms with van der Waals surface area (Å²) < 4.78 is 0. The number of likely N-dealkylation sites (tertiary alicyclic amines) is 1. The van der Waals surface area contributed by atoms with Crippen molar-refractivity contribution in [1.82, 2.24) is 9.80 Å². The van der Waals surface area contributed by atoms with Crippen LogP contribution in [0.3, 0.4) is 0 Å². The van der Waals surface area contributed by atoms with Gasteiger partial charge in [0.2, 0.25) is 0 Å². The first-order chi connectivity index (χ1) is 11.7. The van der Waals surface area contributed by atoms with Gasteiger partial charge in [0.05, 0.1) is 0 Å². The zero-order valence-electron chi connectivity index (χ0n) is 18.4. The lowest BCUT2D eigenvalue weighted by Gasteiger charge is -2.24. The van der Waals surface area contributed by atoms with Crippen LogP contribution < -0.4 is 0 Å². The van der Waals surface area contributed by atoms with Crippen LogP contribution in [0.5, 0.6) is 0 Å². The Morgan fingerprint density at radius 2 is 1.46 bits per heavy atom. The maximum absolute atomic E-state index is 2.69. The molecule has 2 heteroatoms. The maximum atomic E-state index is 2.69. The van der Waals surface area contributed by atoms with E-state index in [1.165, 1.54) is 90.5 Å². The van der Waals surface area contributed by atoms with E-state index in [0.29, 0.717) is 0 Å². The van der Waals surface area contributed by atoms with E-state index in [2.05, 4.69) is 44.5 Å². The molecule has 0 aromatic heterocycles. The third-order valence-corrected chi connectivity index (χ3v) is 4.79. The molecule has 1 saturated heterocycles. The van der Waals surface area contributed by atoms with Gasteiger partial charge in [0.1, 0.15) is 0 Å². The number of rotatable bonds is 9. The molecule has 24 heavy (non-hydrogen) atoms. The Morgan fingerprint density at radius 1 is 0.792 bits per heavy atom. The van der Waals surface area contributed by atoms with Gasteiger partial charge in [-0.2, -0.15) is 0 Å². The summed E-state index contributed by atoms with van der Waals surface area (Å²) in [6.07, 6.45) is 12.3. The van der Waals surface area contributed by atoms with E-state index in [4.69, 9.17) is 0 Å². The summed E-state index contributed by atoms with van der Waals surface area (Å²) in [7, 11) is 2.27. The highest BCUT2D eigenvalue weighted by Gasteiger charge is 2.15. The number of unbranched alkanes of at least 4 members (excludes halogenated alkanes) is 2. The Hall–Kier alpha value is -0.0800. The molecule has 0 aromatic carbocycles. The smallest absolute Gasteiger partial charge is 0.00161 e. The Kier molecular flexibility index (Phi) is 22.8. The van der Waals surface area contributed by atoms with Crippen molar-refractivity contribution in [3.05, 3.63) is 0 Å². The Balaban J connectivity index is 0. The fourth-order valence-electron chi connectivity index (χ4n) is 3.00. The highest BCUT2D eigenvalue weighted by molar-refractivity contribution is 4.70. The molecule has 148 valence electrons. The Labute approximate surface area is 155 Å². The Morgan fingerprint density at radius 3 is 2.00 bits per heavy atom. The summed E-state index contributed by atoms with van der Waals surface area (Å²) in [5.41, 5.74) is 0. The van der Waals surface area contributed by atoms with E-state index in [1.807, 2.05) is 13.8 Å². The standard InChI is InChI=1S/C16H34N2.C4H10.C2H6/c1-4-6-13-18(11-5-2)15-10-16-8-7-12-17(3)14-9-16;1-3-4-2;1-2/h16H,4-15H2,1-3H3;3-4H2,1-2H3;1-2H3. The van der Waals surface area contributed by atoms with E-state index >= 15 is 0 Å². The van der Waals surface area contributed by atoms with Gasteiger partial charge >= 0.3 is 0 Å². The number of hydrogen-bond donors (Lipinski definition) is 0. The molecule has 0 bridgehead atoms. The van der Waals surface area contributed by atoms with Crippen molar-refractivity contribution in [3.8, 4) is 0 Å². The summed E-state index contributed by atoms with van der Waals surface area (Å²) in [6, 6.07) is 0. The van der Waals surface area contributed by atoms with Crippen LogP contribution in [0.25, 0.3) is 0 Å². The van der Waals surface area contributed by atoms with E-state index in [9.17, 15) is 0 Å². The minimum Gasteiger partial charge on any atom is -0.306 e. The average molecular weight is 343 g/mol. The van der Waals surface area contributed by atoms with Crippen molar-refractivity contribution in [3.63, 3.8) is 0 Å². The quantitative estimate of drug-likeness (QED) is 0.475. The molecule has 0 amide bonds. The summed E-state index contributed by atoms with van der Waals surface area (Å²) in [5.74, 6) is 0.982. The van der Waals surface area contributed by atoms with Gasteiger partial charge in [-0.05, 0) is 84.2 Å². The zero-order chi connectivity index (χ0) is 18.6. The third-order valence-electron chi connectivity index (χ3n) is 4.79. The lowest BCUT2D eigenvalue weighted by atomic mass is 9.96. The normalized spacial score (nSPS) is 18.2. The van der Waals surface area contributed by atoms with Gasteiger partial charge in [0, 0.05) is 0 Å². The van der Waals surface area contributed by atoms with E-state index in [0.717, 1.165) is 5.92 Å². The molecule has 0 N–H and O–H groups in total. The fraction of sp³-hybridized carbons (Fsp3) is 1.00. The molecular weight excluding hydrogens is 292 g/mol. The second-order valence-electron chi connectivity index (χ2n) is 7.08. The molecule has 1 heterocycles. The maximum Gasteiger partial charge on any atom is -0.00161 e. The van der Waals surface area contributed by atoms with E-state index in [-0.39, 0.29) is 0 Å². The molecule has 1 aliphatic rings. The van der Waals surface area contributed by atoms with Gasteiger partial charge in [0.25, 0.3) is 0 Å². The predicted molar refractivity (Wildman–Crippen MR) is 113 cm³/mol. The molecule has 1 fully saturated rings. The third kappa shape index (κ3) is 16.8. The fourth-order valence-corrected chi connectivity index (χ4v) is 3.00. The highest BCUT2D eigenvalue weighted by atomic mass is 15.1. The van der Waals surface area contributed by atoms with E-state index < -0.39 is 0 Å². The summed E-state index contributed by atoms with van der Waals surface area (Å²) >= 11 is 0. The van der Waals surface area contributed by atoms with Gasteiger partial charge in [-0.25, -0.2) is 0 Å². The lowest BCUT2D eigenvalue weighted by Crippen LogP contribution is -2.28. The largest absolute Gasteiger partial charge is 0.306 e. The van der Waals surface area contributed by atoms with Crippen LogP contribution in [0, 0.1) is 5.92 Å². The summed E-state index contributed by atoms with van der Waals surface area (Å²) in [4.78, 5) is 5.19. The molecule has 1 aliphatic heterocycles. The predicted octanol–water partition coefficient (Wildman–Crippen LogP) is 6.45. The minimum absolute atomic E-state index is 0.982. The van der Waals surface area contributed by atoms with Crippen LogP contribution in [0.1, 0.15) is 99.3 Å². The minimum atomic E-state index is 0.982. The van der Waals surface area contributed by atoms with Crippen LogP contribution in [-0.2, 0) is 0 Å². The van der Waals surface area contributed by atoms with Gasteiger partial charge < -0.3 is 9.80 Å². The summed E-state index contributed by atoms with van der Waals surface area (Å²) in [6.45, 7) is 19.5. The second-order valence-corrected chi connectivity index (χ2v) is 7.08. The summed E-state index contributed by atoms with van der Waals surface area (Å²) in [5, 5.41) is 0. The second kappa shape index (κ2) is 21.0. The van der Waals surface area contributed by atoms with Gasteiger partial charge in [0.15, 0.2) is 0 Å². The Bertz CT molecular complexity index is 212. The highest BCUT2D eigenvalue weighted by Crippen LogP contribution is 2.20. The molecule has 1 rings (SSSR count). The van der Waals surface area contributed by atoms with Crippen LogP contribution in [0.2, 0.25) is 0 Å². The SMILES string of the molecule is CC.CCCC.CCCCN(CCC)CCC1CCCN(C)CC1. The number of hydrogen-bond acceptors (Lipinski definition) is 2. The molecule has 0 aliphatic carbocycles. The van der Waals surface area contributed by atoms with Crippen molar-refractivity contribution >= 4 is 0 Å². The first kappa shape index (κ1) is 26.2. The van der Waals surface area contributed by atoms with Crippen molar-refractivity contribution in [2.75, 3.05) is 39.8 Å². The average Bonchev–Trinajstić information content (AvgIpc) is 2.83. The van der Waals surface area contributed by atoms with Crippen molar-refractivity contribution < 1.29 is 0 Å². The zero-order valence-corrected chi connectivity index (χ0v) is 18.4. The van der Waals surface area contributed by atoms with Gasteiger partial charge in [-0.1, -0.05) is 60.8 Å². The van der Waals surface area contributed by atoms with Crippen molar-refractivity contribution in [2.45, 2.75) is 99.3 Å². The topological polar surface area (TPSA) is 6.48 Å². The molecule has 1 atom stereocenters. The molecule has 1 unspecified atom stereocenters. The monoisotopic (exact) mass is 342 g/mol. The molecule has 0 saturated carbocycles. The van der Waals surface area contributed by atoms with Crippen molar-refractivity contribution in [2.24, 2.45) is 5.92 Å². The molecule has 0 aromatic rings. The number of nitrogens with zero attached hydrogens (tertiary/aromatic N) is 2.